The van der Waals surface area contributed by atoms with E-state index < -0.39 is 5.60 Å². The fourth-order valence-electron chi connectivity index (χ4n) is 1.32. The molecule has 0 saturated carbocycles. The first-order chi connectivity index (χ1) is 7.90. The van der Waals surface area contributed by atoms with E-state index >= 15 is 0 Å². The first-order valence-electron chi connectivity index (χ1n) is 5.84. The molecule has 0 fully saturated rings. The second-order valence-electron chi connectivity index (χ2n) is 4.90. The monoisotopic (exact) mass is 236 g/mol. The van der Waals surface area contributed by atoms with Crippen molar-refractivity contribution < 1.29 is 9.53 Å². The fraction of sp³-hybridized carbons (Fsp3) is 0.538. The molecule has 0 radical (unpaired) electrons. The quantitative estimate of drug-likeness (QED) is 0.596. The third-order valence-corrected chi connectivity index (χ3v) is 1.92. The number of aromatic nitrogens is 2. The van der Waals surface area contributed by atoms with E-state index in [4.69, 9.17) is 4.74 Å². The zero-order valence-corrected chi connectivity index (χ0v) is 10.9. The van der Waals surface area contributed by atoms with Crippen molar-refractivity contribution in [1.29, 1.82) is 0 Å². The average molecular weight is 236 g/mol. The van der Waals surface area contributed by atoms with Crippen LogP contribution in [0.2, 0.25) is 0 Å². The van der Waals surface area contributed by atoms with Gasteiger partial charge in [-0.1, -0.05) is 6.92 Å². The highest BCUT2D eigenvalue weighted by molar-refractivity contribution is 5.87. The smallest absolute Gasteiger partial charge is 0.331 e. The summed E-state index contributed by atoms with van der Waals surface area (Å²) in [5.74, 6) is -0.333. The van der Waals surface area contributed by atoms with Crippen molar-refractivity contribution in [3.63, 3.8) is 0 Å². The lowest BCUT2D eigenvalue weighted by atomic mass is 10.2. The molecule has 0 atom stereocenters. The van der Waals surface area contributed by atoms with Crippen LogP contribution in [0.4, 0.5) is 0 Å². The number of carbonyl (C=O) groups is 1. The molecule has 0 saturated heterocycles. The van der Waals surface area contributed by atoms with Gasteiger partial charge in [0.1, 0.15) is 5.60 Å². The molecule has 1 rings (SSSR count). The molecule has 0 bridgehead atoms. The Kier molecular flexibility index (Phi) is 4.49. The molecule has 0 aliphatic carbocycles. The summed E-state index contributed by atoms with van der Waals surface area (Å²) < 4.78 is 7.02. The van der Waals surface area contributed by atoms with Crippen molar-refractivity contribution in [3.8, 4) is 0 Å². The van der Waals surface area contributed by atoms with E-state index in [1.807, 2.05) is 31.6 Å². The van der Waals surface area contributed by atoms with Crippen LogP contribution in [0.5, 0.6) is 0 Å². The number of nitrogens with zero attached hydrogens (tertiary/aromatic N) is 2. The van der Waals surface area contributed by atoms with Crippen molar-refractivity contribution in [2.24, 2.45) is 0 Å². The first-order valence-corrected chi connectivity index (χ1v) is 5.84. The Morgan fingerprint density at radius 2 is 2.24 bits per heavy atom. The van der Waals surface area contributed by atoms with Gasteiger partial charge < -0.3 is 4.74 Å². The Bertz CT molecular complexity index is 400. The highest BCUT2D eigenvalue weighted by atomic mass is 16.6. The largest absolute Gasteiger partial charge is 0.457 e. The molecule has 0 unspecified atom stereocenters. The van der Waals surface area contributed by atoms with Gasteiger partial charge in [0.25, 0.3) is 0 Å². The standard InChI is InChI=1S/C13H20N2O2/c1-5-8-15-10-11(9-14-15)6-7-12(16)17-13(2,3)4/h6-7,9-10H,5,8H2,1-4H3/b7-6+. The third kappa shape index (κ3) is 5.33. The summed E-state index contributed by atoms with van der Waals surface area (Å²) in [6.07, 6.45) is 7.82. The molecule has 1 aromatic rings. The third-order valence-electron chi connectivity index (χ3n) is 1.92. The predicted molar refractivity (Wildman–Crippen MR) is 67.4 cm³/mol. The molecular weight excluding hydrogens is 216 g/mol. The molecular formula is C13H20N2O2. The van der Waals surface area contributed by atoms with Crippen LogP contribution < -0.4 is 0 Å². The Morgan fingerprint density at radius 1 is 1.53 bits per heavy atom. The van der Waals surface area contributed by atoms with Crippen LogP contribution in [0.3, 0.4) is 0 Å². The SMILES string of the molecule is CCCn1cc(/C=C/C(=O)OC(C)(C)C)cn1. The normalized spacial score (nSPS) is 12.0. The van der Waals surface area contributed by atoms with Gasteiger partial charge >= 0.3 is 5.97 Å². The molecule has 0 N–H and O–H groups in total. The lowest BCUT2D eigenvalue weighted by Gasteiger charge is -2.17. The van der Waals surface area contributed by atoms with E-state index in [-0.39, 0.29) is 5.97 Å². The Balaban J connectivity index is 2.55. The highest BCUT2D eigenvalue weighted by Gasteiger charge is 2.13. The molecule has 4 heteroatoms. The Labute approximate surface area is 102 Å². The minimum absolute atomic E-state index is 0.333. The Morgan fingerprint density at radius 3 is 2.82 bits per heavy atom. The maximum Gasteiger partial charge on any atom is 0.331 e. The van der Waals surface area contributed by atoms with Crippen LogP contribution in [-0.4, -0.2) is 21.4 Å². The molecule has 0 aliphatic rings. The van der Waals surface area contributed by atoms with Gasteiger partial charge in [-0.25, -0.2) is 4.79 Å². The molecule has 0 aliphatic heterocycles. The van der Waals surface area contributed by atoms with Gasteiger partial charge in [0.15, 0.2) is 0 Å². The van der Waals surface area contributed by atoms with Crippen molar-refractivity contribution >= 4 is 12.0 Å². The number of hydrogen-bond donors (Lipinski definition) is 0. The molecule has 0 spiro atoms. The first kappa shape index (κ1) is 13.5. The number of hydrogen-bond acceptors (Lipinski definition) is 3. The minimum atomic E-state index is -0.451. The predicted octanol–water partition coefficient (Wildman–Crippen LogP) is 2.65. The van der Waals surface area contributed by atoms with Gasteiger partial charge in [-0.05, 0) is 33.3 Å². The van der Waals surface area contributed by atoms with Crippen molar-refractivity contribution in [3.05, 3.63) is 24.0 Å². The van der Waals surface area contributed by atoms with E-state index in [2.05, 4.69) is 12.0 Å². The summed E-state index contributed by atoms with van der Waals surface area (Å²) >= 11 is 0. The summed E-state index contributed by atoms with van der Waals surface area (Å²) in [7, 11) is 0. The fourth-order valence-corrected chi connectivity index (χ4v) is 1.32. The van der Waals surface area contributed by atoms with Crippen molar-refractivity contribution in [2.45, 2.75) is 46.3 Å². The van der Waals surface area contributed by atoms with Gasteiger partial charge in [-0.15, -0.1) is 0 Å². The van der Waals surface area contributed by atoms with E-state index in [0.29, 0.717) is 0 Å². The number of rotatable bonds is 4. The van der Waals surface area contributed by atoms with E-state index in [9.17, 15) is 4.79 Å². The minimum Gasteiger partial charge on any atom is -0.457 e. The molecule has 0 aromatic carbocycles. The zero-order valence-electron chi connectivity index (χ0n) is 10.9. The van der Waals surface area contributed by atoms with Crippen LogP contribution in [-0.2, 0) is 16.1 Å². The second-order valence-corrected chi connectivity index (χ2v) is 4.90. The molecule has 94 valence electrons. The highest BCUT2D eigenvalue weighted by Crippen LogP contribution is 2.08. The van der Waals surface area contributed by atoms with Crippen LogP contribution in [0, 0.1) is 0 Å². The molecule has 1 aromatic heterocycles. The molecule has 0 amide bonds. The van der Waals surface area contributed by atoms with Gasteiger partial charge in [-0.3, -0.25) is 4.68 Å². The summed E-state index contributed by atoms with van der Waals surface area (Å²) in [5, 5.41) is 4.17. The second kappa shape index (κ2) is 5.66. The number of aryl methyl sites for hydroxylation is 1. The summed E-state index contributed by atoms with van der Waals surface area (Å²) in [6.45, 7) is 8.52. The van der Waals surface area contributed by atoms with Crippen molar-refractivity contribution in [1.82, 2.24) is 9.78 Å². The summed E-state index contributed by atoms with van der Waals surface area (Å²) in [5.41, 5.74) is 0.456. The number of carbonyl (C=O) groups excluding carboxylic acids is 1. The van der Waals surface area contributed by atoms with Gasteiger partial charge in [0, 0.05) is 24.4 Å². The maximum atomic E-state index is 11.4. The van der Waals surface area contributed by atoms with Crippen molar-refractivity contribution in [2.75, 3.05) is 0 Å². The summed E-state index contributed by atoms with van der Waals surface area (Å²) in [4.78, 5) is 11.4. The average Bonchev–Trinajstić information content (AvgIpc) is 2.61. The van der Waals surface area contributed by atoms with Crippen LogP contribution >= 0.6 is 0 Å². The van der Waals surface area contributed by atoms with Gasteiger partial charge in [-0.2, -0.15) is 5.10 Å². The lowest BCUT2D eigenvalue weighted by molar-refractivity contribution is -0.148. The maximum absolute atomic E-state index is 11.4. The molecule has 17 heavy (non-hydrogen) atoms. The number of ether oxygens (including phenoxy) is 1. The zero-order chi connectivity index (χ0) is 12.9. The van der Waals surface area contributed by atoms with Crippen LogP contribution in [0.25, 0.3) is 6.08 Å². The summed E-state index contributed by atoms with van der Waals surface area (Å²) in [6, 6.07) is 0. The van der Waals surface area contributed by atoms with Gasteiger partial charge in [0.2, 0.25) is 0 Å². The number of esters is 1. The Hall–Kier alpha value is -1.58. The van der Waals surface area contributed by atoms with Crippen LogP contribution in [0.15, 0.2) is 18.5 Å². The van der Waals surface area contributed by atoms with E-state index in [1.54, 1.807) is 12.3 Å². The van der Waals surface area contributed by atoms with E-state index in [1.165, 1.54) is 6.08 Å². The molecule has 4 nitrogen and oxygen atoms in total. The molecule has 1 heterocycles. The van der Waals surface area contributed by atoms with Crippen LogP contribution in [0.1, 0.15) is 39.7 Å². The topological polar surface area (TPSA) is 44.1 Å². The van der Waals surface area contributed by atoms with E-state index in [0.717, 1.165) is 18.5 Å². The lowest BCUT2D eigenvalue weighted by Crippen LogP contribution is -2.22. The van der Waals surface area contributed by atoms with Gasteiger partial charge in [0.05, 0.1) is 6.20 Å².